The van der Waals surface area contributed by atoms with Gasteiger partial charge in [0.15, 0.2) is 5.16 Å². The summed E-state index contributed by atoms with van der Waals surface area (Å²) in [7, 11) is 1.72. The molecule has 0 fully saturated rings. The number of carbonyl (C=O) groups excluding carboxylic acids is 1. The maximum atomic E-state index is 11.8. The molecular formula is C14H22N2O3S. The quantitative estimate of drug-likeness (QED) is 0.335. The summed E-state index contributed by atoms with van der Waals surface area (Å²) in [6.07, 6.45) is 1.12. The molecule has 0 amide bonds. The zero-order chi connectivity index (χ0) is 15.1. The zero-order valence-corrected chi connectivity index (χ0v) is 13.3. The van der Waals surface area contributed by atoms with Crippen LogP contribution in [0.1, 0.15) is 45.2 Å². The molecule has 0 spiro atoms. The van der Waals surface area contributed by atoms with Crippen molar-refractivity contribution in [1.82, 2.24) is 9.55 Å². The monoisotopic (exact) mass is 298 g/mol. The van der Waals surface area contributed by atoms with Crippen LogP contribution in [-0.2, 0) is 16.6 Å². The molecule has 0 atom stereocenters. The molecular weight excluding hydrogens is 276 g/mol. The first-order valence-electron chi connectivity index (χ1n) is 6.82. The van der Waals surface area contributed by atoms with Gasteiger partial charge in [-0.1, -0.05) is 25.6 Å². The number of aromatic nitrogens is 2. The minimum absolute atomic E-state index is 0.0448. The molecule has 1 rings (SSSR count). The van der Waals surface area contributed by atoms with E-state index in [1.54, 1.807) is 24.6 Å². The fourth-order valence-corrected chi connectivity index (χ4v) is 2.50. The molecule has 0 N–H and O–H groups in total. The summed E-state index contributed by atoms with van der Waals surface area (Å²) < 4.78 is 6.41. The zero-order valence-electron chi connectivity index (χ0n) is 12.5. The Balaban J connectivity index is 2.59. The minimum atomic E-state index is -0.175. The highest BCUT2D eigenvalue weighted by Crippen LogP contribution is 2.18. The van der Waals surface area contributed by atoms with E-state index >= 15 is 0 Å². The molecule has 6 heteroatoms. The van der Waals surface area contributed by atoms with Gasteiger partial charge < -0.3 is 4.74 Å². The van der Waals surface area contributed by atoms with Crippen LogP contribution in [0.25, 0.3) is 0 Å². The largest absolute Gasteiger partial charge is 0.466 e. The van der Waals surface area contributed by atoms with E-state index in [2.05, 4.69) is 4.98 Å². The van der Waals surface area contributed by atoms with E-state index in [1.165, 1.54) is 11.8 Å². The average molecular weight is 298 g/mol. The van der Waals surface area contributed by atoms with Crippen molar-refractivity contribution in [2.45, 2.75) is 44.7 Å². The fourth-order valence-electron chi connectivity index (χ4n) is 1.57. The minimum Gasteiger partial charge on any atom is -0.466 e. The second-order valence-electron chi connectivity index (χ2n) is 4.77. The Morgan fingerprint density at radius 3 is 2.80 bits per heavy atom. The third-order valence-corrected chi connectivity index (χ3v) is 3.88. The van der Waals surface area contributed by atoms with Crippen molar-refractivity contribution in [1.29, 1.82) is 0 Å². The second-order valence-corrected chi connectivity index (χ2v) is 5.83. The maximum Gasteiger partial charge on any atom is 0.305 e. The third kappa shape index (κ3) is 5.00. The lowest BCUT2D eigenvalue weighted by Gasteiger charge is -2.10. The lowest BCUT2D eigenvalue weighted by molar-refractivity contribution is -0.143. The smallest absolute Gasteiger partial charge is 0.305 e. The number of nitrogens with zero attached hydrogens (tertiary/aromatic N) is 2. The highest BCUT2D eigenvalue weighted by atomic mass is 32.2. The molecule has 0 aliphatic carbocycles. The van der Waals surface area contributed by atoms with E-state index in [9.17, 15) is 9.59 Å². The number of rotatable bonds is 7. The summed E-state index contributed by atoms with van der Waals surface area (Å²) in [4.78, 5) is 27.5. The average Bonchev–Trinajstić information content (AvgIpc) is 2.39. The third-order valence-electron chi connectivity index (χ3n) is 2.77. The van der Waals surface area contributed by atoms with Crippen LogP contribution in [0.5, 0.6) is 0 Å². The Labute approximate surface area is 123 Å². The van der Waals surface area contributed by atoms with Crippen LogP contribution in [0, 0.1) is 0 Å². The summed E-state index contributed by atoms with van der Waals surface area (Å²) >= 11 is 1.50. The molecule has 0 aliphatic heterocycles. The molecule has 0 unspecified atom stereocenters. The standard InChI is InChI=1S/C14H22N2O3S/c1-5-19-13(18)7-6-8-20-14-15-11(10(2)3)9-12(17)16(14)4/h9-10H,5-8H2,1-4H3. The van der Waals surface area contributed by atoms with Crippen molar-refractivity contribution in [3.8, 4) is 0 Å². The Morgan fingerprint density at radius 1 is 1.50 bits per heavy atom. The normalized spacial score (nSPS) is 10.8. The molecule has 0 saturated heterocycles. The van der Waals surface area contributed by atoms with Crippen molar-refractivity contribution in [3.05, 3.63) is 22.1 Å². The summed E-state index contributed by atoms with van der Waals surface area (Å²) in [6.45, 7) is 6.23. The fraction of sp³-hybridized carbons (Fsp3) is 0.643. The van der Waals surface area contributed by atoms with Gasteiger partial charge in [-0.3, -0.25) is 14.2 Å². The van der Waals surface area contributed by atoms with Crippen molar-refractivity contribution in [3.63, 3.8) is 0 Å². The van der Waals surface area contributed by atoms with Gasteiger partial charge in [-0.2, -0.15) is 0 Å². The molecule has 1 aromatic rings. The topological polar surface area (TPSA) is 61.2 Å². The van der Waals surface area contributed by atoms with Crippen LogP contribution in [0.2, 0.25) is 0 Å². The summed E-state index contributed by atoms with van der Waals surface area (Å²) in [5.41, 5.74) is 0.762. The Hall–Kier alpha value is -1.30. The second kappa shape index (κ2) is 8.09. The number of carbonyl (C=O) groups is 1. The van der Waals surface area contributed by atoms with Crippen LogP contribution in [0.4, 0.5) is 0 Å². The van der Waals surface area contributed by atoms with Gasteiger partial charge in [-0.15, -0.1) is 0 Å². The molecule has 20 heavy (non-hydrogen) atoms. The van der Waals surface area contributed by atoms with E-state index in [0.29, 0.717) is 24.6 Å². The van der Waals surface area contributed by atoms with E-state index < -0.39 is 0 Å². The number of thioether (sulfide) groups is 1. The molecule has 0 saturated carbocycles. The SMILES string of the molecule is CCOC(=O)CCCSc1nc(C(C)C)cc(=O)n1C. The number of hydrogen-bond donors (Lipinski definition) is 0. The van der Waals surface area contributed by atoms with Gasteiger partial charge in [0.1, 0.15) is 0 Å². The Morgan fingerprint density at radius 2 is 2.20 bits per heavy atom. The van der Waals surface area contributed by atoms with Crippen molar-refractivity contribution >= 4 is 17.7 Å². The van der Waals surface area contributed by atoms with E-state index in [1.807, 2.05) is 13.8 Å². The van der Waals surface area contributed by atoms with Gasteiger partial charge in [0.25, 0.3) is 5.56 Å². The lowest BCUT2D eigenvalue weighted by atomic mass is 10.1. The summed E-state index contributed by atoms with van der Waals surface area (Å²) in [5, 5.41) is 0.699. The van der Waals surface area contributed by atoms with Gasteiger partial charge in [0, 0.05) is 25.3 Å². The summed E-state index contributed by atoms with van der Waals surface area (Å²) in [5.74, 6) is 0.786. The predicted molar refractivity (Wildman–Crippen MR) is 80.2 cm³/mol. The van der Waals surface area contributed by atoms with Gasteiger partial charge in [-0.25, -0.2) is 4.98 Å². The van der Waals surface area contributed by atoms with Crippen LogP contribution in [-0.4, -0.2) is 27.9 Å². The molecule has 0 aliphatic rings. The first-order chi connectivity index (χ1) is 9.45. The maximum absolute atomic E-state index is 11.8. The van der Waals surface area contributed by atoms with E-state index in [-0.39, 0.29) is 17.4 Å². The number of ether oxygens (including phenoxy) is 1. The number of hydrogen-bond acceptors (Lipinski definition) is 5. The van der Waals surface area contributed by atoms with Crippen LogP contribution in [0.15, 0.2) is 16.0 Å². The van der Waals surface area contributed by atoms with Gasteiger partial charge >= 0.3 is 5.97 Å². The molecule has 112 valence electrons. The molecule has 0 bridgehead atoms. The lowest BCUT2D eigenvalue weighted by Crippen LogP contribution is -2.20. The highest BCUT2D eigenvalue weighted by molar-refractivity contribution is 7.99. The molecule has 1 aromatic heterocycles. The highest BCUT2D eigenvalue weighted by Gasteiger charge is 2.09. The van der Waals surface area contributed by atoms with Crippen molar-refractivity contribution in [2.75, 3.05) is 12.4 Å². The van der Waals surface area contributed by atoms with Gasteiger partial charge in [0.05, 0.1) is 12.3 Å². The molecule has 0 radical (unpaired) electrons. The van der Waals surface area contributed by atoms with E-state index in [4.69, 9.17) is 4.74 Å². The van der Waals surface area contributed by atoms with Crippen LogP contribution < -0.4 is 5.56 Å². The van der Waals surface area contributed by atoms with Gasteiger partial charge in [-0.05, 0) is 19.3 Å². The molecule has 1 heterocycles. The first kappa shape index (κ1) is 16.8. The molecule has 0 aromatic carbocycles. The summed E-state index contributed by atoms with van der Waals surface area (Å²) in [6, 6.07) is 1.58. The van der Waals surface area contributed by atoms with Crippen molar-refractivity contribution < 1.29 is 9.53 Å². The van der Waals surface area contributed by atoms with Gasteiger partial charge in [0.2, 0.25) is 0 Å². The Bertz CT molecular complexity index is 512. The predicted octanol–water partition coefficient (Wildman–Crippen LogP) is 2.34. The van der Waals surface area contributed by atoms with Crippen LogP contribution in [0.3, 0.4) is 0 Å². The van der Waals surface area contributed by atoms with Crippen molar-refractivity contribution in [2.24, 2.45) is 7.05 Å². The Kier molecular flexibility index (Phi) is 6.78. The van der Waals surface area contributed by atoms with E-state index in [0.717, 1.165) is 11.4 Å². The van der Waals surface area contributed by atoms with Crippen LogP contribution >= 0.6 is 11.8 Å². The molecule has 5 nitrogen and oxygen atoms in total. The first-order valence-corrected chi connectivity index (χ1v) is 7.80. The number of esters is 1.